The zero-order chi connectivity index (χ0) is 53.5. The fraction of sp³-hybridized carbons (Fsp3) is 0.414. The smallest absolute Gasteiger partial charge is 0.323 e. The number of aryl methyl sites for hydroxylation is 2. The Balaban J connectivity index is 0.927. The van der Waals surface area contributed by atoms with Crippen LogP contribution in [0, 0.1) is 19.8 Å². The van der Waals surface area contributed by atoms with Gasteiger partial charge in [-0.25, -0.2) is 16.8 Å². The van der Waals surface area contributed by atoms with Crippen LogP contribution in [-0.4, -0.2) is 103 Å². The normalized spacial score (nSPS) is 16.3. The molecule has 1 unspecified atom stereocenters. The van der Waals surface area contributed by atoms with E-state index in [9.17, 15) is 21.4 Å². The van der Waals surface area contributed by atoms with Crippen LogP contribution >= 0.6 is 30.9 Å². The van der Waals surface area contributed by atoms with Crippen molar-refractivity contribution in [3.8, 4) is 22.4 Å². The third kappa shape index (κ3) is 14.3. The van der Waals surface area contributed by atoms with E-state index >= 15 is 0 Å². The van der Waals surface area contributed by atoms with Gasteiger partial charge in [-0.3, -0.25) is 9.46 Å². The van der Waals surface area contributed by atoms with Gasteiger partial charge in [0.25, 0.3) is 0 Å². The van der Waals surface area contributed by atoms with Crippen LogP contribution in [0.3, 0.4) is 0 Å². The number of nitrogens with zero attached hydrogens (tertiary/aromatic N) is 3. The lowest BCUT2D eigenvalue weighted by atomic mass is 9.89. The lowest BCUT2D eigenvalue weighted by Crippen LogP contribution is -2.39. The van der Waals surface area contributed by atoms with Crippen LogP contribution in [0.15, 0.2) is 130 Å². The highest BCUT2D eigenvalue weighted by atomic mass is 35.5. The second-order valence-corrected chi connectivity index (χ2v) is 27.9. The van der Waals surface area contributed by atoms with Crippen LogP contribution in [-0.2, 0) is 39.9 Å². The van der Waals surface area contributed by atoms with Gasteiger partial charge < -0.3 is 29.1 Å². The average Bonchev–Trinajstić information content (AvgIpc) is 3.71. The van der Waals surface area contributed by atoms with E-state index in [1.165, 1.54) is 24.1 Å². The standard InChI is InChI=1S/C58H73ClN5O7PS3/c1-8-71-72(65,52-24-25-54(55(39-52)74(6,66)67)60-50(28-29-62-32-34-70-35-33-62)40-73-53-12-10-9-11-13-53)61-49-20-22-51(23-21-49)63-30-26-44(27-31-63)14-15-45-36-42(4)37-47(38-45)56-57(46-16-18-48(59)19-17-46)64(41(2)3)43(5)58(56)75(7,68)69/h9-13,16-25,36-39,41,44,50,60H,8,14-15,26-35,40H2,1-7H3,(H,61,65)/t50-,72?/m1/s1. The molecule has 2 fully saturated rings. The van der Waals surface area contributed by atoms with Crippen molar-refractivity contribution in [2.45, 2.75) is 93.5 Å². The Morgan fingerprint density at radius 1 is 0.827 bits per heavy atom. The van der Waals surface area contributed by atoms with Crippen molar-refractivity contribution in [1.82, 2.24) is 9.47 Å². The lowest BCUT2D eigenvalue weighted by molar-refractivity contribution is 0.0370. The van der Waals surface area contributed by atoms with Gasteiger partial charge in [0.2, 0.25) is 0 Å². The minimum Gasteiger partial charge on any atom is -0.380 e. The van der Waals surface area contributed by atoms with Crippen LogP contribution in [0.1, 0.15) is 69.3 Å². The van der Waals surface area contributed by atoms with Crippen LogP contribution in [0.5, 0.6) is 0 Å². The third-order valence-corrected chi connectivity index (χ3v) is 20.2. The molecule has 17 heteroatoms. The molecule has 2 atom stereocenters. The number of morpholine rings is 1. The zero-order valence-electron chi connectivity index (χ0n) is 44.4. The monoisotopic (exact) mass is 1110 g/mol. The molecule has 0 spiro atoms. The fourth-order valence-corrected chi connectivity index (χ4v) is 15.7. The largest absolute Gasteiger partial charge is 0.380 e. The van der Waals surface area contributed by atoms with Crippen molar-refractivity contribution in [2.75, 3.05) is 86.1 Å². The molecule has 2 N–H and O–H groups in total. The second kappa shape index (κ2) is 24.8. The van der Waals surface area contributed by atoms with Gasteiger partial charge in [-0.15, -0.1) is 11.8 Å². The molecular weight excluding hydrogens is 1040 g/mol. The van der Waals surface area contributed by atoms with Crippen LogP contribution in [0.2, 0.25) is 5.02 Å². The maximum absolute atomic E-state index is 14.8. The Hall–Kier alpha value is -4.57. The van der Waals surface area contributed by atoms with Crippen LogP contribution < -0.4 is 20.6 Å². The quantitative estimate of drug-likeness (QED) is 0.0494. The number of hydrogen-bond acceptors (Lipinski definition) is 11. The molecule has 0 aliphatic carbocycles. The second-order valence-electron chi connectivity index (χ2n) is 20.3. The number of benzene rings is 5. The summed E-state index contributed by atoms with van der Waals surface area (Å²) in [6.07, 6.45) is 7.24. The molecule has 2 aliphatic heterocycles. The molecular formula is C58H73ClN5O7PS3. The first-order valence-electron chi connectivity index (χ1n) is 26.1. The van der Waals surface area contributed by atoms with E-state index in [1.54, 1.807) is 30.8 Å². The molecule has 12 nitrogen and oxygen atoms in total. The molecule has 1 aromatic heterocycles. The highest BCUT2D eigenvalue weighted by Gasteiger charge is 2.32. The molecule has 5 aromatic carbocycles. The van der Waals surface area contributed by atoms with Crippen molar-refractivity contribution < 1.29 is 30.7 Å². The van der Waals surface area contributed by atoms with Gasteiger partial charge in [0.1, 0.15) is 0 Å². The summed E-state index contributed by atoms with van der Waals surface area (Å²) in [6.45, 7) is 15.9. The minimum atomic E-state index is -3.79. The molecule has 75 heavy (non-hydrogen) atoms. The van der Waals surface area contributed by atoms with Crippen LogP contribution in [0.25, 0.3) is 22.4 Å². The van der Waals surface area contributed by atoms with Gasteiger partial charge in [-0.2, -0.15) is 0 Å². The van der Waals surface area contributed by atoms with Gasteiger partial charge >= 0.3 is 7.52 Å². The minimum absolute atomic E-state index is 0.0238. The summed E-state index contributed by atoms with van der Waals surface area (Å²) in [5.41, 5.74) is 8.59. The molecule has 402 valence electrons. The van der Waals surface area contributed by atoms with Crippen molar-refractivity contribution in [1.29, 1.82) is 0 Å². The summed E-state index contributed by atoms with van der Waals surface area (Å²) >= 11 is 8.05. The summed E-state index contributed by atoms with van der Waals surface area (Å²) in [5.74, 6) is 1.25. The Morgan fingerprint density at radius 2 is 1.52 bits per heavy atom. The predicted octanol–water partition coefficient (Wildman–Crippen LogP) is 12.6. The van der Waals surface area contributed by atoms with Gasteiger partial charge in [-0.1, -0.05) is 65.7 Å². The topological polar surface area (TPSA) is 139 Å². The number of halogens is 1. The first kappa shape index (κ1) is 56.6. The van der Waals surface area contributed by atoms with Crippen molar-refractivity contribution >= 4 is 72.9 Å². The summed E-state index contributed by atoms with van der Waals surface area (Å²) in [7, 11) is -11.1. The van der Waals surface area contributed by atoms with Crippen molar-refractivity contribution in [2.24, 2.45) is 5.92 Å². The molecule has 2 aliphatic rings. The summed E-state index contributed by atoms with van der Waals surface area (Å²) in [4.78, 5) is 6.35. The fourth-order valence-electron chi connectivity index (χ4n) is 10.6. The number of sulfone groups is 2. The van der Waals surface area contributed by atoms with Crippen molar-refractivity contribution in [3.05, 3.63) is 137 Å². The van der Waals surface area contributed by atoms with E-state index in [0.29, 0.717) is 40.4 Å². The highest BCUT2D eigenvalue weighted by Crippen LogP contribution is 2.48. The molecule has 8 rings (SSSR count). The van der Waals surface area contributed by atoms with Gasteiger partial charge in [0.05, 0.1) is 46.3 Å². The molecule has 0 saturated carbocycles. The molecule has 0 amide bonds. The Bertz CT molecular complexity index is 3180. The highest BCUT2D eigenvalue weighted by molar-refractivity contribution is 7.99. The molecule has 2 saturated heterocycles. The van der Waals surface area contributed by atoms with Gasteiger partial charge in [-0.05, 0) is 156 Å². The number of nitrogens with one attached hydrogen (secondary N) is 2. The van der Waals surface area contributed by atoms with E-state index < -0.39 is 27.2 Å². The molecule has 0 bridgehead atoms. The zero-order valence-corrected chi connectivity index (χ0v) is 48.5. The van der Waals surface area contributed by atoms with Crippen LogP contribution in [0.4, 0.5) is 17.1 Å². The number of anilines is 3. The number of thioether (sulfide) groups is 1. The van der Waals surface area contributed by atoms with E-state index in [4.69, 9.17) is 20.9 Å². The average molecular weight is 1110 g/mol. The SMILES string of the molecule is CCOP(=O)(Nc1ccc(N2CCC(CCc3cc(C)cc(-c4c(S(C)(=O)=O)c(C)n(C(C)C)c4-c4ccc(Cl)cc4)c3)CC2)cc1)c1ccc(N[C@H](CCN2CCOCC2)CSc2ccccc2)c(S(C)(=O)=O)c1. The lowest BCUT2D eigenvalue weighted by Gasteiger charge is -2.34. The number of rotatable bonds is 22. The Labute approximate surface area is 455 Å². The third-order valence-electron chi connectivity index (χ3n) is 14.3. The first-order chi connectivity index (χ1) is 35.8. The number of aromatic nitrogens is 1. The van der Waals surface area contributed by atoms with E-state index in [1.807, 2.05) is 73.7 Å². The Morgan fingerprint density at radius 3 is 2.16 bits per heavy atom. The molecule has 6 aromatic rings. The first-order valence-corrected chi connectivity index (χ1v) is 32.9. The van der Waals surface area contributed by atoms with Crippen molar-refractivity contribution in [3.63, 3.8) is 0 Å². The van der Waals surface area contributed by atoms with Gasteiger partial charge in [0, 0.05) is 95.6 Å². The number of piperidine rings is 1. The maximum Gasteiger partial charge on any atom is 0.323 e. The van der Waals surface area contributed by atoms with E-state index in [-0.39, 0.29) is 28.9 Å². The molecule has 0 radical (unpaired) electrons. The van der Waals surface area contributed by atoms with Gasteiger partial charge in [0.15, 0.2) is 19.7 Å². The number of ether oxygens (including phenoxy) is 1. The Kier molecular flexibility index (Phi) is 18.7. The molecule has 3 heterocycles. The predicted molar refractivity (Wildman–Crippen MR) is 311 cm³/mol. The summed E-state index contributed by atoms with van der Waals surface area (Å²) < 4.78 is 82.6. The van der Waals surface area contributed by atoms with E-state index in [0.717, 1.165) is 115 Å². The maximum atomic E-state index is 14.8. The summed E-state index contributed by atoms with van der Waals surface area (Å²) in [5, 5.41) is 7.64. The number of hydrogen-bond donors (Lipinski definition) is 2. The van der Waals surface area contributed by atoms with E-state index in [2.05, 4.69) is 75.9 Å². The summed E-state index contributed by atoms with van der Waals surface area (Å²) in [6, 6.07) is 37.1.